The minimum absolute atomic E-state index is 0.106. The lowest BCUT2D eigenvalue weighted by Gasteiger charge is -2.24. The molecule has 6 nitrogen and oxygen atoms in total. The second-order valence-corrected chi connectivity index (χ2v) is 10.5. The normalized spacial score (nSPS) is 16.1. The summed E-state index contributed by atoms with van der Waals surface area (Å²) in [5, 5.41) is 0. The Kier molecular flexibility index (Phi) is 9.71. The molecule has 34 heavy (non-hydrogen) atoms. The molecule has 1 aliphatic rings. The molecular formula is C26H36N4O2S2. The number of pyridine rings is 1. The fourth-order valence-corrected chi connectivity index (χ4v) is 5.54. The Balaban J connectivity index is 2.04. The minimum Gasteiger partial charge on any atom is -0.356 e. The number of thioether (sulfide) groups is 1. The number of anilines is 1. The van der Waals surface area contributed by atoms with Crippen LogP contribution in [0.1, 0.15) is 71.8 Å². The van der Waals surface area contributed by atoms with Crippen molar-refractivity contribution >= 4 is 51.7 Å². The topological polar surface area (TPSA) is 57.9 Å². The zero-order valence-electron chi connectivity index (χ0n) is 20.7. The highest BCUT2D eigenvalue weighted by atomic mass is 32.2. The van der Waals surface area contributed by atoms with Gasteiger partial charge in [0, 0.05) is 25.8 Å². The van der Waals surface area contributed by atoms with Gasteiger partial charge >= 0.3 is 0 Å². The lowest BCUT2D eigenvalue weighted by atomic mass is 9.99. The van der Waals surface area contributed by atoms with Crippen LogP contribution >= 0.6 is 24.0 Å². The summed E-state index contributed by atoms with van der Waals surface area (Å²) >= 11 is 6.87. The van der Waals surface area contributed by atoms with E-state index in [-0.39, 0.29) is 11.5 Å². The van der Waals surface area contributed by atoms with Crippen LogP contribution in [0.4, 0.5) is 5.82 Å². The summed E-state index contributed by atoms with van der Waals surface area (Å²) in [4.78, 5) is 36.1. The number of carbonyl (C=O) groups is 1. The van der Waals surface area contributed by atoms with Gasteiger partial charge in [-0.1, -0.05) is 77.0 Å². The van der Waals surface area contributed by atoms with E-state index in [0.717, 1.165) is 51.6 Å². The molecule has 3 heterocycles. The first kappa shape index (κ1) is 26.4. The number of fused-ring (bicyclic) bond motifs is 1. The lowest BCUT2D eigenvalue weighted by molar-refractivity contribution is -0.122. The van der Waals surface area contributed by atoms with Crippen LogP contribution < -0.4 is 10.5 Å². The van der Waals surface area contributed by atoms with Crippen LogP contribution in [0.5, 0.6) is 0 Å². The lowest BCUT2D eigenvalue weighted by Crippen LogP contribution is -2.33. The van der Waals surface area contributed by atoms with E-state index in [9.17, 15) is 9.59 Å². The number of carbonyl (C=O) groups excluding carboxylic acids is 1. The van der Waals surface area contributed by atoms with Crippen molar-refractivity contribution in [3.63, 3.8) is 0 Å². The molecule has 0 aliphatic carbocycles. The van der Waals surface area contributed by atoms with Gasteiger partial charge in [-0.3, -0.25) is 18.9 Å². The average Bonchev–Trinajstić information content (AvgIpc) is 3.10. The molecule has 0 bridgehead atoms. The largest absolute Gasteiger partial charge is 0.356 e. The van der Waals surface area contributed by atoms with Crippen molar-refractivity contribution < 1.29 is 4.79 Å². The molecule has 184 valence electrons. The molecule has 0 saturated carbocycles. The first-order valence-corrected chi connectivity index (χ1v) is 13.7. The summed E-state index contributed by atoms with van der Waals surface area (Å²) in [5.41, 5.74) is 0.882. The maximum absolute atomic E-state index is 13.5. The first-order valence-electron chi connectivity index (χ1n) is 12.5. The number of thiocarbonyl (C=S) groups is 1. The standard InChI is InChI=1S/C26H36N4O2S2/c1-5-9-12-19(8-4)18-30-25(32)21(34-26(30)33)17-20-23(28(14-6-2)15-7-3)27-22-13-10-11-16-29(22)24(20)31/h10-11,13,16-17,19H,5-9,12,14-15,18H2,1-4H3/b21-17-/t19-/m1/s1. The molecule has 1 aliphatic heterocycles. The summed E-state index contributed by atoms with van der Waals surface area (Å²) in [5.74, 6) is 0.959. The Labute approximate surface area is 212 Å². The quantitative estimate of drug-likeness (QED) is 0.274. The van der Waals surface area contributed by atoms with Gasteiger partial charge in [-0.15, -0.1) is 0 Å². The first-order chi connectivity index (χ1) is 16.4. The van der Waals surface area contributed by atoms with E-state index < -0.39 is 0 Å². The summed E-state index contributed by atoms with van der Waals surface area (Å²) in [6, 6.07) is 5.53. The van der Waals surface area contributed by atoms with Crippen molar-refractivity contribution in [2.45, 2.75) is 66.2 Å². The van der Waals surface area contributed by atoms with Gasteiger partial charge in [0.05, 0.1) is 10.5 Å². The van der Waals surface area contributed by atoms with Crippen molar-refractivity contribution in [3.05, 3.63) is 45.2 Å². The van der Waals surface area contributed by atoms with Crippen molar-refractivity contribution in [2.24, 2.45) is 5.92 Å². The smallest absolute Gasteiger partial charge is 0.267 e. The van der Waals surface area contributed by atoms with Gasteiger partial charge < -0.3 is 4.90 Å². The summed E-state index contributed by atoms with van der Waals surface area (Å²) in [6.45, 7) is 10.8. The van der Waals surface area contributed by atoms with Gasteiger partial charge in [-0.05, 0) is 43.4 Å². The molecule has 0 aromatic carbocycles. The monoisotopic (exact) mass is 500 g/mol. The van der Waals surface area contributed by atoms with Crippen molar-refractivity contribution in [3.8, 4) is 0 Å². The Bertz CT molecular complexity index is 1110. The SMILES string of the molecule is CCCC[C@@H](CC)CN1C(=O)/C(=C/c2c(N(CCC)CCC)nc3ccccn3c2=O)SC1=S. The molecular weight excluding hydrogens is 464 g/mol. The van der Waals surface area contributed by atoms with Crippen molar-refractivity contribution in [1.29, 1.82) is 0 Å². The highest BCUT2D eigenvalue weighted by Gasteiger charge is 2.34. The van der Waals surface area contributed by atoms with E-state index in [2.05, 4.69) is 32.6 Å². The highest BCUT2D eigenvalue weighted by molar-refractivity contribution is 8.26. The Morgan fingerprint density at radius 1 is 1.12 bits per heavy atom. The fraction of sp³-hybridized carbons (Fsp3) is 0.538. The second kappa shape index (κ2) is 12.5. The maximum atomic E-state index is 13.5. The summed E-state index contributed by atoms with van der Waals surface area (Å²) < 4.78 is 2.12. The van der Waals surface area contributed by atoms with Crippen LogP contribution in [0.3, 0.4) is 0 Å². The maximum Gasteiger partial charge on any atom is 0.267 e. The molecule has 2 aromatic heterocycles. The Morgan fingerprint density at radius 2 is 1.85 bits per heavy atom. The zero-order chi connectivity index (χ0) is 24.7. The molecule has 0 N–H and O–H groups in total. The van der Waals surface area contributed by atoms with Crippen LogP contribution in [0.25, 0.3) is 11.7 Å². The van der Waals surface area contributed by atoms with Crippen LogP contribution in [-0.4, -0.2) is 44.1 Å². The van der Waals surface area contributed by atoms with Crippen LogP contribution in [0.2, 0.25) is 0 Å². The highest BCUT2D eigenvalue weighted by Crippen LogP contribution is 2.34. The fourth-order valence-electron chi connectivity index (χ4n) is 4.29. The molecule has 1 saturated heterocycles. The third-order valence-corrected chi connectivity index (χ3v) is 7.55. The molecule has 1 amide bonds. The van der Waals surface area contributed by atoms with E-state index in [1.54, 1.807) is 21.6 Å². The average molecular weight is 501 g/mol. The van der Waals surface area contributed by atoms with Crippen molar-refractivity contribution in [1.82, 2.24) is 14.3 Å². The number of amides is 1. The number of rotatable bonds is 12. The molecule has 0 unspecified atom stereocenters. The molecule has 0 spiro atoms. The molecule has 1 fully saturated rings. The number of aromatic nitrogens is 2. The molecule has 3 rings (SSSR count). The zero-order valence-corrected chi connectivity index (χ0v) is 22.4. The number of hydrogen-bond acceptors (Lipinski definition) is 6. The number of unbranched alkanes of at least 4 members (excludes halogenated alkanes) is 1. The molecule has 8 heteroatoms. The van der Waals surface area contributed by atoms with E-state index in [0.29, 0.717) is 38.7 Å². The predicted molar refractivity (Wildman–Crippen MR) is 147 cm³/mol. The summed E-state index contributed by atoms with van der Waals surface area (Å²) in [6.07, 6.45) is 9.71. The van der Waals surface area contributed by atoms with Crippen LogP contribution in [-0.2, 0) is 4.79 Å². The van der Waals surface area contributed by atoms with Crippen LogP contribution in [0, 0.1) is 5.92 Å². The van der Waals surface area contributed by atoms with Crippen molar-refractivity contribution in [2.75, 3.05) is 24.5 Å². The number of nitrogens with zero attached hydrogens (tertiary/aromatic N) is 4. The van der Waals surface area contributed by atoms with E-state index in [4.69, 9.17) is 17.2 Å². The number of hydrogen-bond donors (Lipinski definition) is 0. The van der Waals surface area contributed by atoms with Gasteiger partial charge in [0.25, 0.3) is 11.5 Å². The van der Waals surface area contributed by atoms with Gasteiger partial charge in [-0.25, -0.2) is 4.98 Å². The third kappa shape index (κ3) is 5.89. The van der Waals surface area contributed by atoms with Gasteiger partial charge in [-0.2, -0.15) is 0 Å². The Hall–Kier alpha value is -2.19. The minimum atomic E-state index is -0.169. The van der Waals surface area contributed by atoms with Gasteiger partial charge in [0.15, 0.2) is 0 Å². The van der Waals surface area contributed by atoms with E-state index in [1.807, 2.05) is 18.2 Å². The predicted octanol–water partition coefficient (Wildman–Crippen LogP) is 5.74. The summed E-state index contributed by atoms with van der Waals surface area (Å²) in [7, 11) is 0. The molecule has 2 aromatic rings. The van der Waals surface area contributed by atoms with E-state index >= 15 is 0 Å². The van der Waals surface area contributed by atoms with Gasteiger partial charge in [0.1, 0.15) is 15.8 Å². The second-order valence-electron chi connectivity index (χ2n) is 8.78. The van der Waals surface area contributed by atoms with E-state index in [1.165, 1.54) is 11.8 Å². The Morgan fingerprint density at radius 3 is 2.50 bits per heavy atom. The van der Waals surface area contributed by atoms with Gasteiger partial charge in [0.2, 0.25) is 0 Å². The van der Waals surface area contributed by atoms with Crippen LogP contribution in [0.15, 0.2) is 34.1 Å². The molecule has 1 atom stereocenters. The third-order valence-electron chi connectivity index (χ3n) is 6.17. The molecule has 0 radical (unpaired) electrons.